The van der Waals surface area contributed by atoms with Crippen molar-refractivity contribution >= 4 is 86.1 Å². The van der Waals surface area contributed by atoms with Gasteiger partial charge in [-0.2, -0.15) is 0 Å². The van der Waals surface area contributed by atoms with Gasteiger partial charge in [0.2, 0.25) is 35.4 Å². The second kappa shape index (κ2) is 25.2. The van der Waals surface area contributed by atoms with Crippen molar-refractivity contribution in [3.05, 3.63) is 102 Å². The standard InChI is InChI=1S/C54H66N14O12/c1-25(69)42-50(75)67-44(51(76)64-36(11-6-18-59-54(57)58)48(73)65-39(53(78)79)21-28-22-60-35-10-3-2-7-29(28)35)30(9-5-17-55)26-13-14-32-33(24-61-38(32)20-26)46-45(52(77)66-42)68-49(74)37(15-16-41(70)71)63-47(72)34(56)19-27-23-62-43-31(27)8-4-12-40(43)80-46/h2-4,7-8,10,12-14,20,22-25,30,34,36-37,39,42,44-46,60-62,69H,5-6,9,11,15-19,21,55-56H2,1H3,(H,63,72)(H,64,76)(H,65,73)(H,66,77)(H,67,75)(H,68,74)(H,70,71)(H,78,79)(H4,57,58,59)/t25-,30+,34+,36+,37+,39+,42+,44+,45+,46-/m1/s1. The highest BCUT2D eigenvalue weighted by Gasteiger charge is 2.42. The highest BCUT2D eigenvalue weighted by atomic mass is 16.5. The number of aliphatic carboxylic acids is 2. The van der Waals surface area contributed by atoms with E-state index in [1.54, 1.807) is 67.1 Å². The first-order valence-electron chi connectivity index (χ1n) is 26.2. The zero-order valence-corrected chi connectivity index (χ0v) is 43.6. The van der Waals surface area contributed by atoms with Crippen LogP contribution in [0.2, 0.25) is 0 Å². The van der Waals surface area contributed by atoms with Gasteiger partial charge in [0.15, 0.2) is 12.1 Å². The van der Waals surface area contributed by atoms with Gasteiger partial charge in [-0.25, -0.2) is 4.79 Å². The molecule has 3 aliphatic rings. The van der Waals surface area contributed by atoms with Crippen LogP contribution in [0.3, 0.4) is 0 Å². The quantitative estimate of drug-likeness (QED) is 0.0293. The van der Waals surface area contributed by atoms with Crippen LogP contribution in [0.4, 0.5) is 0 Å². The van der Waals surface area contributed by atoms with E-state index in [9.17, 15) is 44.1 Å². The summed E-state index contributed by atoms with van der Waals surface area (Å²) < 4.78 is 6.82. The molecule has 6 heterocycles. The van der Waals surface area contributed by atoms with E-state index in [4.69, 9.17) is 27.7 Å². The van der Waals surface area contributed by atoms with Gasteiger partial charge in [-0.15, -0.1) is 0 Å². The van der Waals surface area contributed by atoms with Crippen LogP contribution in [0.1, 0.15) is 79.7 Å². The number of guanidine groups is 1. The number of hydrogen-bond acceptors (Lipinski definition) is 13. The molecule has 20 N–H and O–H groups in total. The molecule has 3 aliphatic heterocycles. The lowest BCUT2D eigenvalue weighted by atomic mass is 9.85. The van der Waals surface area contributed by atoms with Gasteiger partial charge >= 0.3 is 11.9 Å². The summed E-state index contributed by atoms with van der Waals surface area (Å²) in [7, 11) is 0. The Kier molecular flexibility index (Phi) is 18.0. The number of para-hydroxylation sites is 2. The third kappa shape index (κ3) is 13.1. The van der Waals surface area contributed by atoms with Crippen molar-refractivity contribution in [1.82, 2.24) is 46.9 Å². The van der Waals surface area contributed by atoms with Gasteiger partial charge in [0.25, 0.3) is 0 Å². The zero-order chi connectivity index (χ0) is 57.4. The molecule has 0 radical (unpaired) electrons. The van der Waals surface area contributed by atoms with E-state index in [1.165, 1.54) is 6.92 Å². The highest BCUT2D eigenvalue weighted by Crippen LogP contribution is 2.38. The highest BCUT2D eigenvalue weighted by molar-refractivity contribution is 5.99. The smallest absolute Gasteiger partial charge is 0.326 e. The molecule has 26 heteroatoms. The number of rotatable bonds is 18. The summed E-state index contributed by atoms with van der Waals surface area (Å²) in [5, 5.41) is 49.1. The molecule has 3 aromatic carbocycles. The number of hydrogen-bond donors (Lipinski definition) is 16. The average molecular weight is 1100 g/mol. The van der Waals surface area contributed by atoms with Crippen molar-refractivity contribution < 1.29 is 58.4 Å². The number of carboxylic acids is 2. The summed E-state index contributed by atoms with van der Waals surface area (Å²) in [6, 6.07) is 6.47. The first-order chi connectivity index (χ1) is 38.3. The largest absolute Gasteiger partial charge is 0.481 e. The average Bonchev–Trinajstić information content (AvgIpc) is 4.25. The number of nitrogens with zero attached hydrogens (tertiary/aromatic N) is 1. The van der Waals surface area contributed by atoms with Gasteiger partial charge in [-0.1, -0.05) is 42.5 Å². The summed E-state index contributed by atoms with van der Waals surface area (Å²) in [5.41, 5.74) is 27.3. The number of carbonyl (C=O) groups is 8. The van der Waals surface area contributed by atoms with Crippen LogP contribution in [0.15, 0.2) is 84.2 Å². The predicted octanol–water partition coefficient (Wildman–Crippen LogP) is -0.495. The maximum absolute atomic E-state index is 15.2. The number of carboxylic acid groups (broad SMARTS) is 2. The molecule has 80 heavy (non-hydrogen) atoms. The molecular weight excluding hydrogens is 1040 g/mol. The lowest BCUT2D eigenvalue weighted by Crippen LogP contribution is -2.63. The molecule has 10 atom stereocenters. The number of H-pyrrole nitrogens is 3. The van der Waals surface area contributed by atoms with Crippen LogP contribution in [0, 0.1) is 0 Å². The summed E-state index contributed by atoms with van der Waals surface area (Å²) >= 11 is 0. The summed E-state index contributed by atoms with van der Waals surface area (Å²) in [5.74, 6) is -9.36. The number of aliphatic hydroxyl groups excluding tert-OH is 1. The summed E-state index contributed by atoms with van der Waals surface area (Å²) in [6.07, 6.45) is 1.03. The minimum Gasteiger partial charge on any atom is -0.481 e. The number of aliphatic hydroxyl groups is 1. The fourth-order valence-electron chi connectivity index (χ4n) is 10.3. The molecule has 0 aliphatic carbocycles. The number of aromatic amines is 3. The van der Waals surface area contributed by atoms with E-state index in [0.29, 0.717) is 50.5 Å². The molecule has 0 saturated heterocycles. The van der Waals surface area contributed by atoms with Crippen LogP contribution in [-0.4, -0.2) is 145 Å². The van der Waals surface area contributed by atoms with Gasteiger partial charge in [0, 0.05) is 76.7 Å². The van der Waals surface area contributed by atoms with E-state index in [-0.39, 0.29) is 56.9 Å². The Hall–Kier alpha value is -9.01. The number of aliphatic imine (C=N–C) groups is 1. The number of ether oxygens (including phenoxy) is 1. The number of aromatic nitrogens is 3. The Morgan fingerprint density at radius 3 is 2.29 bits per heavy atom. The minimum absolute atomic E-state index is 0.0102. The number of fused-ring (bicyclic) bond motifs is 8. The minimum atomic E-state index is -1.87. The van der Waals surface area contributed by atoms with Crippen LogP contribution in [0.5, 0.6) is 5.75 Å². The maximum atomic E-state index is 15.2. The molecular formula is C54H66N14O12. The van der Waals surface area contributed by atoms with E-state index in [1.807, 2.05) is 12.1 Å². The number of amides is 6. The molecule has 0 spiro atoms. The van der Waals surface area contributed by atoms with Gasteiger partial charge in [-0.05, 0) is 86.9 Å². The molecule has 9 rings (SSSR count). The summed E-state index contributed by atoms with van der Waals surface area (Å²) in [4.78, 5) is 126. The van der Waals surface area contributed by atoms with Crippen LogP contribution >= 0.6 is 0 Å². The second-order valence-corrected chi connectivity index (χ2v) is 20.1. The van der Waals surface area contributed by atoms with Crippen molar-refractivity contribution in [3.8, 4) is 5.75 Å². The Morgan fingerprint density at radius 2 is 1.55 bits per heavy atom. The van der Waals surface area contributed by atoms with Crippen molar-refractivity contribution in [2.45, 2.75) is 119 Å². The Bertz CT molecular complexity index is 3330. The van der Waals surface area contributed by atoms with Crippen molar-refractivity contribution in [2.24, 2.45) is 27.9 Å². The normalized spacial score (nSPS) is 21.9. The van der Waals surface area contributed by atoms with Crippen LogP contribution in [0.25, 0.3) is 32.7 Å². The fraction of sp³-hybridized carbons (Fsp3) is 0.389. The lowest BCUT2D eigenvalue weighted by molar-refractivity contribution is -0.142. The van der Waals surface area contributed by atoms with E-state index < -0.39 is 121 Å². The van der Waals surface area contributed by atoms with Crippen LogP contribution < -0.4 is 59.6 Å². The molecule has 424 valence electrons. The molecule has 0 fully saturated rings. The molecule has 3 aromatic heterocycles. The number of nitrogens with two attached hydrogens (primary N) is 4. The summed E-state index contributed by atoms with van der Waals surface area (Å²) in [6.45, 7) is 1.38. The molecule has 8 bridgehead atoms. The number of nitrogens with one attached hydrogen (secondary N) is 9. The Labute approximate surface area is 456 Å². The predicted molar refractivity (Wildman–Crippen MR) is 292 cm³/mol. The van der Waals surface area contributed by atoms with Crippen molar-refractivity contribution in [3.63, 3.8) is 0 Å². The topological polar surface area (TPSA) is 442 Å². The fourth-order valence-corrected chi connectivity index (χ4v) is 10.3. The number of benzene rings is 3. The zero-order valence-electron chi connectivity index (χ0n) is 43.6. The van der Waals surface area contributed by atoms with Gasteiger partial charge < -0.3 is 89.8 Å². The third-order valence-electron chi connectivity index (χ3n) is 14.5. The number of carbonyl (C=O) groups excluding carboxylic acids is 6. The van der Waals surface area contributed by atoms with Crippen LogP contribution in [-0.2, 0) is 51.2 Å². The Balaban J connectivity index is 1.21. The first kappa shape index (κ1) is 57.2. The van der Waals surface area contributed by atoms with Gasteiger partial charge in [0.05, 0.1) is 17.7 Å². The lowest BCUT2D eigenvalue weighted by Gasteiger charge is -2.34. The van der Waals surface area contributed by atoms with Gasteiger partial charge in [0.1, 0.15) is 42.0 Å². The molecule has 26 nitrogen and oxygen atoms in total. The van der Waals surface area contributed by atoms with Crippen molar-refractivity contribution in [1.29, 1.82) is 0 Å². The molecule has 0 unspecified atom stereocenters. The third-order valence-corrected chi connectivity index (χ3v) is 14.5. The Morgan fingerprint density at radius 1 is 0.787 bits per heavy atom. The molecule has 6 aromatic rings. The first-order valence-corrected chi connectivity index (χ1v) is 26.2. The van der Waals surface area contributed by atoms with E-state index in [0.717, 1.165) is 10.9 Å². The van der Waals surface area contributed by atoms with Crippen molar-refractivity contribution in [2.75, 3.05) is 13.1 Å². The van der Waals surface area contributed by atoms with Gasteiger partial charge in [-0.3, -0.25) is 38.6 Å². The SMILES string of the molecule is C[C@@H](O)[C@@H]1NC(=O)[C@H]2NC(=O)[C@H](CCC(=O)O)NC(=O)[C@@H](N)Cc3c[nH]c4c(cccc34)O[C@@H]2c2c[nH]c3cc(ccc23)[C@H](CCCN)[C@@H](C(=O)N[C@@H](CCCN=C(N)N)C(=O)N[C@@H](Cc2c[nH]c3ccccc23)C(=O)O)NC1=O. The molecule has 6 amide bonds. The van der Waals surface area contributed by atoms with E-state index in [2.05, 4.69) is 51.8 Å². The maximum Gasteiger partial charge on any atom is 0.326 e. The van der Waals surface area contributed by atoms with E-state index >= 15 is 9.59 Å². The second-order valence-electron chi connectivity index (χ2n) is 20.1. The monoisotopic (exact) mass is 1100 g/mol. The molecule has 0 saturated carbocycles.